The normalized spacial score (nSPS) is 26.4. The standard InChI is InChI=1S/C83H107Cl2N11O28/c1-7-8-9-10-11-12-13-14-21-88-22-23-90-83(5)33-59(119-37(4)73(83)108)123-72-70(107)69(106)56(35-97)122-82(72)124-71-54-28-41-29-55(71)121-53-20-17-40(27-46(53)85)67(104)65-79(114)94-63(81(117)118)43-30-51(99)44(34-89-49(80(115)116)32-58(101)102)68(105)60(43)42-25-38(15-18-50(42)98)61(76(111)96-65)93-77(112)62(41)92-75(110)48(31-57(86)100)91-78(113)64(95-74(109)47(87-6)24-36(2)3)66(103)39-16-19-52(120-54)45(84)26-39/h15-20,25-30,36-37,47-49,56,59,61-67,69-70,72-73,82,87-90,97-99,103-108H,7-14,21-24,31-35H2,1-6H3,(H2,86,100)(H,91,113)(H,92,110)(H,93,112)(H,94,114)(H,95,109)(H,96,111)(H,101,102)(H,115,116)(H,117,118)/t37-,47+,48-,49-,56+,59-,61+,62+,63-,64+,65-,66+,67+,69+,70-,72+,73+,82-,83-/m0/s1. The van der Waals surface area contributed by atoms with Gasteiger partial charge in [-0.05, 0) is 123 Å². The molecule has 41 heteroatoms. The zero-order valence-corrected chi connectivity index (χ0v) is 70.2. The Kier molecular flexibility index (Phi) is 32.9. The number of hydrogen-bond acceptors (Lipinski definition) is 29. The Morgan fingerprint density at radius 3 is 1.88 bits per heavy atom. The second-order valence-corrected chi connectivity index (χ2v) is 32.7. The number of carboxylic acid groups (broad SMARTS) is 3. The molecule has 5 aromatic rings. The minimum Gasteiger partial charge on any atom is -0.507 e. The number of phenolic OH excluding ortho intramolecular Hbond substituents is 3. The van der Waals surface area contributed by atoms with Gasteiger partial charge in [-0.15, -0.1) is 0 Å². The molecule has 124 heavy (non-hydrogen) atoms. The number of ether oxygens (including phenoxy) is 6. The SMILES string of the molecule is CCCCCCCCCCNCCN[C@@]1(C)C[C@H](O[C@H]2[C@H](Oc3c4cc5cc3Oc3ccc(cc3Cl)[C@@H](O)[C@@H](NC(=O)[C@@H](CC(C)C)NC)C(=O)N[C@@H](CC(N)=O)C(=O)N[C@H]5C(=O)N[C@H]3C(=O)N[C@H](C(=O)N[C@H](C(=O)O)c5cc(O)c(CN[C@@H](CC(=O)O)C(=O)O)c(O)c5-c5cc3ccc5O)[C@H](O)c3ccc(c(Cl)c3)O4)O[C@H](CO)[C@@H](O)[C@@H]2O)O[C@@H](C)[C@H]1O. The Balaban J connectivity index is 1.17. The summed E-state index contributed by atoms with van der Waals surface area (Å²) in [6, 6.07) is -4.71. The summed E-state index contributed by atoms with van der Waals surface area (Å²) in [4.78, 5) is 143. The summed E-state index contributed by atoms with van der Waals surface area (Å²) in [6.07, 6.45) is -10.8. The number of carbonyl (C=O) groups excluding carboxylic acids is 7. The van der Waals surface area contributed by atoms with Crippen molar-refractivity contribution in [1.82, 2.24) is 53.2 Å². The number of rotatable bonds is 32. The number of fused-ring (bicyclic) bond motifs is 15. The number of carbonyl (C=O) groups is 10. The van der Waals surface area contributed by atoms with Crippen LogP contribution in [0, 0.1) is 5.92 Å². The first-order valence-electron chi connectivity index (χ1n) is 40.7. The predicted molar refractivity (Wildman–Crippen MR) is 439 cm³/mol. The van der Waals surface area contributed by atoms with Crippen LogP contribution in [0.1, 0.15) is 175 Å². The summed E-state index contributed by atoms with van der Waals surface area (Å²) in [5.41, 5.74) is 0.198. The maximum atomic E-state index is 16.4. The number of aliphatic hydroxyl groups excluding tert-OH is 6. The lowest BCUT2D eigenvalue weighted by Gasteiger charge is -2.48. The van der Waals surface area contributed by atoms with Gasteiger partial charge in [-0.2, -0.15) is 0 Å². The first kappa shape index (κ1) is 95.9. The van der Waals surface area contributed by atoms with Gasteiger partial charge in [0.25, 0.3) is 0 Å². The zero-order valence-electron chi connectivity index (χ0n) is 68.7. The van der Waals surface area contributed by atoms with E-state index in [-0.39, 0.29) is 35.6 Å². The molecule has 5 aromatic carbocycles. The third-order valence-electron chi connectivity index (χ3n) is 22.3. The van der Waals surface area contributed by atoms with E-state index in [1.54, 1.807) is 27.7 Å². The van der Waals surface area contributed by atoms with Gasteiger partial charge in [-0.3, -0.25) is 48.5 Å². The summed E-state index contributed by atoms with van der Waals surface area (Å²) in [7, 11) is 1.46. The van der Waals surface area contributed by atoms with Crippen molar-refractivity contribution in [3.05, 3.63) is 116 Å². The zero-order chi connectivity index (χ0) is 90.5. The van der Waals surface area contributed by atoms with E-state index in [9.17, 15) is 85.3 Å². The number of phenols is 3. The summed E-state index contributed by atoms with van der Waals surface area (Å²) in [5, 5.41) is 164. The maximum absolute atomic E-state index is 16.4. The van der Waals surface area contributed by atoms with Gasteiger partial charge >= 0.3 is 17.9 Å². The highest BCUT2D eigenvalue weighted by Gasteiger charge is 2.52. The number of hydrogen-bond donors (Lipinski definition) is 23. The number of nitrogens with two attached hydrogens (primary N) is 1. The van der Waals surface area contributed by atoms with Gasteiger partial charge in [0.05, 0.1) is 53.3 Å². The van der Waals surface area contributed by atoms with Crippen LogP contribution >= 0.6 is 23.2 Å². The lowest BCUT2D eigenvalue weighted by atomic mass is 9.85. The molecule has 676 valence electrons. The number of aliphatic carboxylic acids is 3. The van der Waals surface area contributed by atoms with Gasteiger partial charge in [0, 0.05) is 48.3 Å². The van der Waals surface area contributed by atoms with Gasteiger partial charge in [0.2, 0.25) is 53.4 Å². The van der Waals surface area contributed by atoms with Crippen molar-refractivity contribution in [2.45, 2.75) is 233 Å². The third-order valence-corrected chi connectivity index (χ3v) is 22.8. The van der Waals surface area contributed by atoms with E-state index in [0.717, 1.165) is 93.2 Å². The molecule has 12 rings (SSSR count). The Morgan fingerprint density at radius 2 is 1.28 bits per heavy atom. The van der Waals surface area contributed by atoms with E-state index in [1.165, 1.54) is 38.4 Å². The van der Waals surface area contributed by atoms with Gasteiger partial charge in [-0.25, -0.2) is 4.79 Å². The Bertz CT molecular complexity index is 4740. The molecule has 11 bridgehead atoms. The molecule has 0 aromatic heterocycles. The average molecular weight is 1780 g/mol. The van der Waals surface area contributed by atoms with Crippen LogP contribution in [0.5, 0.6) is 46.0 Å². The fourth-order valence-corrected chi connectivity index (χ4v) is 15.9. The molecule has 0 spiro atoms. The number of aliphatic hydroxyl groups is 6. The fraction of sp³-hybridized carbons (Fsp3) is 0.518. The van der Waals surface area contributed by atoms with Gasteiger partial charge < -0.3 is 143 Å². The van der Waals surface area contributed by atoms with Crippen LogP contribution in [0.4, 0.5) is 0 Å². The largest absolute Gasteiger partial charge is 0.507 e. The first-order valence-corrected chi connectivity index (χ1v) is 41.4. The van der Waals surface area contributed by atoms with E-state index in [2.05, 4.69) is 60.1 Å². The van der Waals surface area contributed by atoms with E-state index < -0.39 is 284 Å². The van der Waals surface area contributed by atoms with Crippen molar-refractivity contribution in [2.75, 3.05) is 33.3 Å². The predicted octanol–water partition coefficient (Wildman–Crippen LogP) is 2.48. The Morgan fingerprint density at radius 1 is 0.669 bits per heavy atom. The van der Waals surface area contributed by atoms with Crippen molar-refractivity contribution in [1.29, 1.82) is 0 Å². The fourth-order valence-electron chi connectivity index (χ4n) is 15.5. The topological polar surface area (TPSA) is 615 Å². The first-order chi connectivity index (χ1) is 58.8. The average Bonchev–Trinajstić information content (AvgIpc) is 0.756. The molecule has 0 saturated carbocycles. The Hall–Kier alpha value is -10.3. The van der Waals surface area contributed by atoms with Crippen LogP contribution in [0.3, 0.4) is 0 Å². The molecule has 24 N–H and O–H groups in total. The van der Waals surface area contributed by atoms with Crippen molar-refractivity contribution in [3.8, 4) is 57.1 Å². The Labute approximate surface area is 721 Å². The van der Waals surface area contributed by atoms with Crippen LogP contribution in [-0.4, -0.2) is 239 Å². The number of likely N-dealkylation sites (N-methyl/N-ethyl adjacent to an activating group) is 1. The third kappa shape index (κ3) is 23.0. The molecule has 2 saturated heterocycles. The molecule has 39 nitrogen and oxygen atoms in total. The number of aromatic hydroxyl groups is 3. The molecule has 0 radical (unpaired) electrons. The van der Waals surface area contributed by atoms with E-state index >= 15 is 24.0 Å². The van der Waals surface area contributed by atoms with Crippen LogP contribution in [-0.2, 0) is 68.7 Å². The van der Waals surface area contributed by atoms with Crippen LogP contribution in [0.2, 0.25) is 10.0 Å². The van der Waals surface area contributed by atoms with Crippen LogP contribution in [0.15, 0.2) is 72.8 Å². The van der Waals surface area contributed by atoms with E-state index in [1.807, 2.05) is 0 Å². The number of nitrogens with one attached hydrogen (secondary N) is 10. The van der Waals surface area contributed by atoms with E-state index in [0.29, 0.717) is 19.2 Å². The highest BCUT2D eigenvalue weighted by atomic mass is 35.5. The molecule has 7 aliphatic heterocycles. The molecule has 2 fully saturated rings. The number of primary amides is 1. The molecular formula is C83H107Cl2N11O28. The van der Waals surface area contributed by atoms with Crippen LogP contribution < -0.4 is 73.1 Å². The van der Waals surface area contributed by atoms with E-state index in [4.69, 9.17) is 57.4 Å². The summed E-state index contributed by atoms with van der Waals surface area (Å²) >= 11 is 14.3. The number of benzene rings is 5. The molecule has 7 heterocycles. The highest BCUT2D eigenvalue weighted by Crippen LogP contribution is 2.51. The number of amides is 7. The monoisotopic (exact) mass is 1780 g/mol. The highest BCUT2D eigenvalue weighted by molar-refractivity contribution is 6.32. The van der Waals surface area contributed by atoms with Crippen molar-refractivity contribution in [2.24, 2.45) is 11.7 Å². The summed E-state index contributed by atoms with van der Waals surface area (Å²) < 4.78 is 39.4. The smallest absolute Gasteiger partial charge is 0.330 e. The second kappa shape index (κ2) is 42.6. The number of unbranched alkanes of at least 4 members (excludes halogenated alkanes) is 7. The maximum Gasteiger partial charge on any atom is 0.330 e. The lowest BCUT2D eigenvalue weighted by Crippen LogP contribution is -2.65. The molecule has 19 atom stereocenters. The van der Waals surface area contributed by atoms with Crippen molar-refractivity contribution in [3.63, 3.8) is 0 Å². The number of halogens is 2. The molecule has 7 aliphatic rings. The second-order valence-electron chi connectivity index (χ2n) is 31.9. The summed E-state index contributed by atoms with van der Waals surface area (Å²) in [5.74, 6) is -20.8. The summed E-state index contributed by atoms with van der Waals surface area (Å²) in [6.45, 7) is 8.78. The van der Waals surface area contributed by atoms with Gasteiger partial charge in [0.1, 0.15) is 95.5 Å². The van der Waals surface area contributed by atoms with Gasteiger partial charge in [0.15, 0.2) is 29.9 Å². The van der Waals surface area contributed by atoms with Crippen LogP contribution in [0.25, 0.3) is 11.1 Å². The van der Waals surface area contributed by atoms with Crippen molar-refractivity contribution >= 4 is 82.5 Å². The van der Waals surface area contributed by atoms with Gasteiger partial charge in [-0.1, -0.05) is 107 Å². The molecular weight excluding hydrogens is 1670 g/mol. The number of carboxylic acids is 3. The van der Waals surface area contributed by atoms with Crippen molar-refractivity contribution < 1.29 is 138 Å². The lowest BCUT2D eigenvalue weighted by molar-refractivity contribution is -0.334. The molecule has 0 unspecified atom stereocenters. The molecule has 0 aliphatic carbocycles. The minimum atomic E-state index is -2.46. The quantitative estimate of drug-likeness (QED) is 0.0275. The molecule has 7 amide bonds. The minimum absolute atomic E-state index is 0.132.